The third-order valence-corrected chi connectivity index (χ3v) is 4.45. The zero-order valence-corrected chi connectivity index (χ0v) is 15.6. The summed E-state index contributed by atoms with van der Waals surface area (Å²) in [7, 11) is 0. The molecule has 4 atom stereocenters. The van der Waals surface area contributed by atoms with Gasteiger partial charge in [0, 0.05) is 12.3 Å². The van der Waals surface area contributed by atoms with Gasteiger partial charge in [-0.05, 0) is 24.7 Å². The van der Waals surface area contributed by atoms with Crippen molar-refractivity contribution >= 4 is 29.4 Å². The van der Waals surface area contributed by atoms with Crippen molar-refractivity contribution in [3.8, 4) is 0 Å². The summed E-state index contributed by atoms with van der Waals surface area (Å²) in [6.45, 7) is 2.00. The first-order valence-corrected chi connectivity index (χ1v) is 9.40. The third-order valence-electron chi connectivity index (χ3n) is 3.38. The molecule has 10 nitrogen and oxygen atoms in total. The fourth-order valence-corrected chi connectivity index (χ4v) is 2.77. The number of thioether (sulfide) groups is 1. The summed E-state index contributed by atoms with van der Waals surface area (Å²) in [5.41, 5.74) is 0. The lowest BCUT2D eigenvalue weighted by atomic mass is 9.98. The lowest BCUT2D eigenvalue weighted by molar-refractivity contribution is -0.163. The van der Waals surface area contributed by atoms with Crippen molar-refractivity contribution in [2.24, 2.45) is 0 Å². The normalized spacial score (nSPS) is 15.4. The molecule has 156 valence electrons. The molecule has 1 amide bonds. The van der Waals surface area contributed by atoms with Gasteiger partial charge in [0.1, 0.15) is 31.0 Å². The highest BCUT2D eigenvalue weighted by Gasteiger charge is 2.36. The summed E-state index contributed by atoms with van der Waals surface area (Å²) in [5.74, 6) is -1.41. The average molecular weight is 409 g/mol. The largest absolute Gasteiger partial charge is 0.480 e. The molecule has 0 rings (SSSR count). The molecule has 0 bridgehead atoms. The number of carbonyl (C=O) groups is 3. The van der Waals surface area contributed by atoms with Gasteiger partial charge < -0.3 is 35.6 Å². The number of nitrogens with one attached hydrogen (secondary N) is 1. The van der Waals surface area contributed by atoms with Gasteiger partial charge >= 0.3 is 5.97 Å². The van der Waals surface area contributed by atoms with E-state index in [-0.39, 0.29) is 12.3 Å². The van der Waals surface area contributed by atoms with E-state index in [2.05, 4.69) is 11.9 Å². The van der Waals surface area contributed by atoms with Crippen LogP contribution in [0.25, 0.3) is 0 Å². The van der Waals surface area contributed by atoms with Crippen molar-refractivity contribution in [3.63, 3.8) is 0 Å². The van der Waals surface area contributed by atoms with Crippen molar-refractivity contribution < 1.29 is 44.7 Å². The van der Waals surface area contributed by atoms with Gasteiger partial charge in [-0.15, -0.1) is 0 Å². The number of carboxylic acid groups (broad SMARTS) is 1. The van der Waals surface area contributed by atoms with E-state index in [0.29, 0.717) is 24.5 Å². The molecular formula is C16H27NO9S. The van der Waals surface area contributed by atoms with E-state index in [4.69, 9.17) is 14.9 Å². The molecule has 11 heteroatoms. The molecule has 0 aliphatic rings. The highest BCUT2D eigenvalue weighted by molar-refractivity contribution is 7.99. The Bertz CT molecular complexity index is 489. The second kappa shape index (κ2) is 14.5. The van der Waals surface area contributed by atoms with Crippen LogP contribution in [0.2, 0.25) is 0 Å². The maximum Gasteiger partial charge on any atom is 0.329 e. The first-order valence-electron chi connectivity index (χ1n) is 8.24. The predicted octanol–water partition coefficient (Wildman–Crippen LogP) is -2.08. The van der Waals surface area contributed by atoms with Gasteiger partial charge in [0.15, 0.2) is 5.78 Å². The number of hydrogen-bond donors (Lipinski definition) is 6. The van der Waals surface area contributed by atoms with E-state index in [1.165, 1.54) is 11.8 Å². The Balaban J connectivity index is 4.37. The van der Waals surface area contributed by atoms with E-state index in [9.17, 15) is 29.7 Å². The van der Waals surface area contributed by atoms with Crippen LogP contribution in [0, 0.1) is 0 Å². The minimum absolute atomic E-state index is 0.0414. The summed E-state index contributed by atoms with van der Waals surface area (Å²) in [6.07, 6.45) is -5.25. The van der Waals surface area contributed by atoms with E-state index in [1.807, 2.05) is 0 Å². The molecule has 27 heavy (non-hydrogen) atoms. The second-order valence-electron chi connectivity index (χ2n) is 5.53. The van der Waals surface area contributed by atoms with Crippen LogP contribution in [0.3, 0.4) is 0 Å². The number of aliphatic hydroxyl groups is 4. The molecule has 0 heterocycles. The summed E-state index contributed by atoms with van der Waals surface area (Å²) in [5, 5.41) is 49.3. The van der Waals surface area contributed by atoms with Crippen LogP contribution in [-0.2, 0) is 19.1 Å². The lowest BCUT2D eigenvalue weighted by Crippen LogP contribution is -2.49. The maximum absolute atomic E-state index is 12.2. The predicted molar refractivity (Wildman–Crippen MR) is 97.3 cm³/mol. The SMILES string of the molecule is C=CC(=O)NCCSCCCC(O)C(=O)[C@@H](OCC(=O)O)[C@@H](O)[C@H](O)CO. The van der Waals surface area contributed by atoms with Crippen molar-refractivity contribution in [1.29, 1.82) is 0 Å². The number of aliphatic hydroxyl groups excluding tert-OH is 4. The van der Waals surface area contributed by atoms with Gasteiger partial charge in [0.2, 0.25) is 5.91 Å². The zero-order valence-electron chi connectivity index (χ0n) is 14.8. The van der Waals surface area contributed by atoms with Crippen LogP contribution in [0.4, 0.5) is 0 Å². The average Bonchev–Trinajstić information content (AvgIpc) is 2.65. The van der Waals surface area contributed by atoms with Gasteiger partial charge in [-0.3, -0.25) is 9.59 Å². The third kappa shape index (κ3) is 11.1. The highest BCUT2D eigenvalue weighted by atomic mass is 32.2. The summed E-state index contributed by atoms with van der Waals surface area (Å²) in [6, 6.07) is 0. The number of amides is 1. The van der Waals surface area contributed by atoms with Crippen molar-refractivity contribution in [2.75, 3.05) is 31.3 Å². The number of aliphatic carboxylic acids is 1. The first kappa shape index (κ1) is 25.5. The molecular weight excluding hydrogens is 382 g/mol. The van der Waals surface area contributed by atoms with Gasteiger partial charge in [0.05, 0.1) is 6.61 Å². The molecule has 0 fully saturated rings. The molecule has 1 unspecified atom stereocenters. The molecule has 6 N–H and O–H groups in total. The van der Waals surface area contributed by atoms with E-state index in [1.54, 1.807) is 0 Å². The Morgan fingerprint density at radius 3 is 2.41 bits per heavy atom. The Morgan fingerprint density at radius 1 is 1.19 bits per heavy atom. The first-order chi connectivity index (χ1) is 12.7. The van der Waals surface area contributed by atoms with Gasteiger partial charge in [0.25, 0.3) is 0 Å². The number of Topliss-reactive ketones (excluding diaryl/α,β-unsaturated/α-hetero) is 1. The number of rotatable bonds is 16. The van der Waals surface area contributed by atoms with Gasteiger partial charge in [-0.1, -0.05) is 6.58 Å². The van der Waals surface area contributed by atoms with Crippen LogP contribution < -0.4 is 5.32 Å². The van der Waals surface area contributed by atoms with Crippen LogP contribution >= 0.6 is 11.8 Å². The smallest absolute Gasteiger partial charge is 0.329 e. The quantitative estimate of drug-likeness (QED) is 0.123. The van der Waals surface area contributed by atoms with Crippen molar-refractivity contribution in [3.05, 3.63) is 12.7 Å². The van der Waals surface area contributed by atoms with E-state index in [0.717, 1.165) is 6.08 Å². The lowest BCUT2D eigenvalue weighted by Gasteiger charge is -2.26. The maximum atomic E-state index is 12.2. The number of carboxylic acids is 1. The van der Waals surface area contributed by atoms with Gasteiger partial charge in [-0.25, -0.2) is 4.79 Å². The number of hydrogen-bond acceptors (Lipinski definition) is 9. The minimum Gasteiger partial charge on any atom is -0.480 e. The molecule has 0 aliphatic heterocycles. The summed E-state index contributed by atoms with van der Waals surface area (Å²) in [4.78, 5) is 33.7. The van der Waals surface area contributed by atoms with Crippen molar-refractivity contribution in [1.82, 2.24) is 5.32 Å². The number of carbonyl (C=O) groups excluding carboxylic acids is 2. The molecule has 0 saturated carbocycles. The van der Waals surface area contributed by atoms with Crippen molar-refractivity contribution in [2.45, 2.75) is 37.3 Å². The number of ether oxygens (including phenoxy) is 1. The number of ketones is 1. The van der Waals surface area contributed by atoms with Crippen LogP contribution in [0.15, 0.2) is 12.7 Å². The Hall–Kier alpha value is -1.50. The molecule has 0 aromatic carbocycles. The molecule has 0 spiro atoms. The fourth-order valence-electron chi connectivity index (χ4n) is 1.95. The van der Waals surface area contributed by atoms with Crippen LogP contribution in [0.5, 0.6) is 0 Å². The zero-order chi connectivity index (χ0) is 20.8. The second-order valence-corrected chi connectivity index (χ2v) is 6.76. The molecule has 0 aromatic rings. The highest BCUT2D eigenvalue weighted by Crippen LogP contribution is 2.13. The Morgan fingerprint density at radius 2 is 1.85 bits per heavy atom. The minimum atomic E-state index is -1.88. The monoisotopic (exact) mass is 409 g/mol. The summed E-state index contributed by atoms with van der Waals surface area (Å²) >= 11 is 1.49. The molecule has 0 aromatic heterocycles. The van der Waals surface area contributed by atoms with Crippen LogP contribution in [-0.4, -0.2) is 98.9 Å². The molecule has 0 aliphatic carbocycles. The Kier molecular flexibility index (Phi) is 13.7. The Labute approximate surface area is 161 Å². The topological polar surface area (TPSA) is 174 Å². The van der Waals surface area contributed by atoms with Gasteiger partial charge in [-0.2, -0.15) is 11.8 Å². The molecule has 0 radical (unpaired) electrons. The fraction of sp³-hybridized carbons (Fsp3) is 0.688. The van der Waals surface area contributed by atoms with E-state index >= 15 is 0 Å². The molecule has 0 saturated heterocycles. The van der Waals surface area contributed by atoms with Crippen LogP contribution in [0.1, 0.15) is 12.8 Å². The standard InChI is InChI=1S/C16H27NO9S/c1-2-12(21)17-5-7-27-6-3-4-10(19)14(24)16(26-9-13(22)23)15(25)11(20)8-18/h2,10-11,15-16,18-20,25H,1,3-9H2,(H,17,21)(H,22,23)/t10?,11-,15+,16-/m1/s1. The summed E-state index contributed by atoms with van der Waals surface area (Å²) < 4.78 is 4.78. The van der Waals surface area contributed by atoms with E-state index < -0.39 is 49.4 Å².